The zero-order valence-electron chi connectivity index (χ0n) is 8.45. The van der Waals surface area contributed by atoms with Gasteiger partial charge in [0, 0.05) is 40.9 Å². The van der Waals surface area contributed by atoms with Crippen LogP contribution in [0.15, 0.2) is 0 Å². The molecule has 13 heavy (non-hydrogen) atoms. The minimum Gasteiger partial charge on any atom is -0.328 e. The van der Waals surface area contributed by atoms with Crippen LogP contribution in [0.3, 0.4) is 0 Å². The lowest BCUT2D eigenvalue weighted by Crippen LogP contribution is -2.51. The summed E-state index contributed by atoms with van der Waals surface area (Å²) in [6.07, 6.45) is 4.94. The number of hydrogen-bond acceptors (Lipinski definition) is 3. The van der Waals surface area contributed by atoms with Gasteiger partial charge in [-0.1, -0.05) is 0 Å². The van der Waals surface area contributed by atoms with Gasteiger partial charge in [0.1, 0.15) is 0 Å². The minimum atomic E-state index is -0.657. The lowest BCUT2D eigenvalue weighted by Gasteiger charge is -2.35. The predicted molar refractivity (Wildman–Crippen MR) is 57.1 cm³/mol. The van der Waals surface area contributed by atoms with Crippen LogP contribution in [-0.4, -0.2) is 34.3 Å². The number of nitrogens with two attached hydrogens (primary N) is 1. The first-order valence-corrected chi connectivity index (χ1v) is 6.62. The molecule has 0 aromatic rings. The first kappa shape index (κ1) is 11.1. The maximum atomic E-state index is 10.8. The molecule has 3 N–H and O–H groups in total. The van der Waals surface area contributed by atoms with Crippen molar-refractivity contribution < 1.29 is 4.21 Å². The topological polar surface area (TPSA) is 55.1 Å². The van der Waals surface area contributed by atoms with Crippen LogP contribution in [0.5, 0.6) is 0 Å². The summed E-state index contributed by atoms with van der Waals surface area (Å²) in [5.74, 6) is 0.799. The lowest BCUT2D eigenvalue weighted by atomic mass is 9.87. The van der Waals surface area contributed by atoms with Crippen molar-refractivity contribution in [3.63, 3.8) is 0 Å². The van der Waals surface area contributed by atoms with Gasteiger partial charge < -0.3 is 11.1 Å². The fourth-order valence-corrected chi connectivity index (χ4v) is 2.31. The molecule has 0 spiro atoms. The molecule has 1 aliphatic carbocycles. The molecule has 0 aliphatic heterocycles. The SMILES string of the molecule is CC(CCS(C)=O)NC1CC(N)C1. The average Bonchev–Trinajstić information content (AvgIpc) is 1.98. The summed E-state index contributed by atoms with van der Waals surface area (Å²) in [5, 5.41) is 3.49. The first-order valence-electron chi connectivity index (χ1n) is 4.89. The van der Waals surface area contributed by atoms with Crippen LogP contribution >= 0.6 is 0 Å². The summed E-state index contributed by atoms with van der Waals surface area (Å²) >= 11 is 0. The van der Waals surface area contributed by atoms with E-state index in [0.717, 1.165) is 25.0 Å². The van der Waals surface area contributed by atoms with E-state index in [4.69, 9.17) is 5.73 Å². The molecule has 4 heteroatoms. The Balaban J connectivity index is 2.04. The third kappa shape index (κ3) is 4.20. The highest BCUT2D eigenvalue weighted by atomic mass is 32.2. The molecule has 1 saturated carbocycles. The standard InChI is InChI=1S/C9H20N2OS/c1-7(3-4-13(2)12)11-9-5-8(10)6-9/h7-9,11H,3-6,10H2,1-2H3. The van der Waals surface area contributed by atoms with Gasteiger partial charge in [-0.25, -0.2) is 0 Å². The van der Waals surface area contributed by atoms with Crippen LogP contribution in [0, 0.1) is 0 Å². The molecule has 1 aliphatic rings. The van der Waals surface area contributed by atoms with E-state index in [9.17, 15) is 4.21 Å². The highest BCUT2D eigenvalue weighted by Crippen LogP contribution is 2.18. The Bertz CT molecular complexity index is 180. The molecule has 0 amide bonds. The van der Waals surface area contributed by atoms with Crippen LogP contribution in [0.1, 0.15) is 26.2 Å². The van der Waals surface area contributed by atoms with Crippen LogP contribution < -0.4 is 11.1 Å². The van der Waals surface area contributed by atoms with Crippen molar-refractivity contribution in [3.05, 3.63) is 0 Å². The summed E-state index contributed by atoms with van der Waals surface area (Å²) in [6.45, 7) is 2.15. The van der Waals surface area contributed by atoms with E-state index < -0.39 is 10.8 Å². The molecular weight excluding hydrogens is 184 g/mol. The Morgan fingerprint density at radius 1 is 1.62 bits per heavy atom. The molecule has 2 unspecified atom stereocenters. The maximum absolute atomic E-state index is 10.8. The van der Waals surface area contributed by atoms with Crippen molar-refractivity contribution in [2.24, 2.45) is 5.73 Å². The second kappa shape index (κ2) is 5.08. The molecule has 0 radical (unpaired) electrons. The zero-order valence-corrected chi connectivity index (χ0v) is 9.27. The van der Waals surface area contributed by atoms with Gasteiger partial charge >= 0.3 is 0 Å². The molecular formula is C9H20N2OS. The highest BCUT2D eigenvalue weighted by molar-refractivity contribution is 7.84. The normalized spacial score (nSPS) is 32.2. The second-order valence-corrected chi connectivity index (χ2v) is 5.62. The second-order valence-electron chi connectivity index (χ2n) is 4.06. The summed E-state index contributed by atoms with van der Waals surface area (Å²) < 4.78 is 10.8. The van der Waals surface area contributed by atoms with Gasteiger partial charge in [0.25, 0.3) is 0 Å². The third-order valence-corrected chi connectivity index (χ3v) is 3.34. The van der Waals surface area contributed by atoms with E-state index >= 15 is 0 Å². The van der Waals surface area contributed by atoms with Crippen molar-refractivity contribution in [3.8, 4) is 0 Å². The van der Waals surface area contributed by atoms with Crippen LogP contribution in [-0.2, 0) is 10.8 Å². The van der Waals surface area contributed by atoms with E-state index in [-0.39, 0.29) is 0 Å². The van der Waals surface area contributed by atoms with Crippen LogP contribution in [0.4, 0.5) is 0 Å². The van der Waals surface area contributed by atoms with Crippen molar-refractivity contribution in [1.29, 1.82) is 0 Å². The quantitative estimate of drug-likeness (QED) is 0.674. The van der Waals surface area contributed by atoms with Crippen LogP contribution in [0.2, 0.25) is 0 Å². The minimum absolute atomic E-state index is 0.407. The monoisotopic (exact) mass is 204 g/mol. The van der Waals surface area contributed by atoms with Gasteiger partial charge in [-0.05, 0) is 26.2 Å². The van der Waals surface area contributed by atoms with Gasteiger partial charge in [0.05, 0.1) is 0 Å². The summed E-state index contributed by atoms with van der Waals surface area (Å²) in [6, 6.07) is 1.49. The summed E-state index contributed by atoms with van der Waals surface area (Å²) in [5.41, 5.74) is 5.68. The fraction of sp³-hybridized carbons (Fsp3) is 1.00. The molecule has 1 rings (SSSR count). The van der Waals surface area contributed by atoms with E-state index in [1.165, 1.54) is 0 Å². The van der Waals surface area contributed by atoms with Gasteiger partial charge in [0.2, 0.25) is 0 Å². The molecule has 0 aromatic heterocycles. The maximum Gasteiger partial charge on any atom is 0.0246 e. The Morgan fingerprint density at radius 2 is 2.23 bits per heavy atom. The number of nitrogens with one attached hydrogen (secondary N) is 1. The molecule has 0 saturated heterocycles. The van der Waals surface area contributed by atoms with Gasteiger partial charge in [-0.15, -0.1) is 0 Å². The van der Waals surface area contributed by atoms with E-state index in [2.05, 4.69) is 12.2 Å². The Hall–Kier alpha value is 0.0700. The highest BCUT2D eigenvalue weighted by Gasteiger charge is 2.26. The number of rotatable bonds is 5. The molecule has 2 atom stereocenters. The molecule has 1 fully saturated rings. The average molecular weight is 204 g/mol. The Labute approximate surface area is 82.9 Å². The van der Waals surface area contributed by atoms with Crippen molar-refractivity contribution in [1.82, 2.24) is 5.32 Å². The van der Waals surface area contributed by atoms with E-state index in [0.29, 0.717) is 18.1 Å². The first-order chi connectivity index (χ1) is 6.08. The molecule has 78 valence electrons. The van der Waals surface area contributed by atoms with Crippen molar-refractivity contribution in [2.75, 3.05) is 12.0 Å². The fourth-order valence-electron chi connectivity index (χ4n) is 1.63. The van der Waals surface area contributed by atoms with Gasteiger partial charge in [-0.3, -0.25) is 4.21 Å². The smallest absolute Gasteiger partial charge is 0.0246 e. The lowest BCUT2D eigenvalue weighted by molar-refractivity contribution is 0.269. The van der Waals surface area contributed by atoms with Gasteiger partial charge in [0.15, 0.2) is 0 Å². The third-order valence-electron chi connectivity index (χ3n) is 2.53. The van der Waals surface area contributed by atoms with Crippen molar-refractivity contribution in [2.45, 2.75) is 44.3 Å². The summed E-state index contributed by atoms with van der Waals surface area (Å²) in [7, 11) is -0.657. The van der Waals surface area contributed by atoms with E-state index in [1.54, 1.807) is 6.26 Å². The molecule has 3 nitrogen and oxygen atoms in total. The predicted octanol–water partition coefficient (Wildman–Crippen LogP) is 0.223. The van der Waals surface area contributed by atoms with Crippen LogP contribution in [0.25, 0.3) is 0 Å². The molecule has 0 heterocycles. The van der Waals surface area contributed by atoms with Crippen molar-refractivity contribution >= 4 is 10.8 Å². The zero-order chi connectivity index (χ0) is 9.84. The summed E-state index contributed by atoms with van der Waals surface area (Å²) in [4.78, 5) is 0. The Morgan fingerprint density at radius 3 is 2.69 bits per heavy atom. The largest absolute Gasteiger partial charge is 0.328 e. The van der Waals surface area contributed by atoms with Gasteiger partial charge in [-0.2, -0.15) is 0 Å². The van der Waals surface area contributed by atoms with E-state index in [1.807, 2.05) is 0 Å². The molecule has 0 bridgehead atoms. The molecule has 0 aromatic carbocycles. The number of hydrogen-bond donors (Lipinski definition) is 2. The Kier molecular flexibility index (Phi) is 4.35.